The van der Waals surface area contributed by atoms with Crippen LogP contribution in [0.4, 0.5) is 0 Å². The van der Waals surface area contributed by atoms with Crippen LogP contribution in [0.2, 0.25) is 0 Å². The van der Waals surface area contributed by atoms with E-state index in [1.165, 1.54) is 4.31 Å². The van der Waals surface area contributed by atoms with Crippen molar-refractivity contribution in [2.24, 2.45) is 7.05 Å². The highest BCUT2D eigenvalue weighted by atomic mass is 32.2. The normalized spacial score (nSPS) is 12.3. The van der Waals surface area contributed by atoms with Gasteiger partial charge in [-0.05, 0) is 19.0 Å². The molecule has 0 aliphatic heterocycles. The van der Waals surface area contributed by atoms with E-state index < -0.39 is 10.0 Å². The Balaban J connectivity index is 2.96. The van der Waals surface area contributed by atoms with Crippen molar-refractivity contribution >= 4 is 10.0 Å². The monoisotopic (exact) mass is 273 g/mol. The highest BCUT2D eigenvalue weighted by Gasteiger charge is 2.22. The molecule has 1 N–H and O–H groups in total. The first kappa shape index (κ1) is 15.2. The number of nitrogens with one attached hydrogen (secondary N) is 1. The lowest BCUT2D eigenvalue weighted by Crippen LogP contribution is -2.27. The maximum Gasteiger partial charge on any atom is 0.244 e. The average molecular weight is 273 g/mol. The van der Waals surface area contributed by atoms with Crippen molar-refractivity contribution in [1.82, 2.24) is 14.2 Å². The molecule has 1 aromatic rings. The van der Waals surface area contributed by atoms with Crippen molar-refractivity contribution in [3.05, 3.63) is 18.0 Å². The van der Waals surface area contributed by atoms with E-state index in [0.717, 1.165) is 18.7 Å². The zero-order valence-electron chi connectivity index (χ0n) is 11.6. The zero-order chi connectivity index (χ0) is 13.8. The fourth-order valence-electron chi connectivity index (χ4n) is 1.76. The summed E-state index contributed by atoms with van der Waals surface area (Å²) in [5.41, 5.74) is 0.973. The van der Waals surface area contributed by atoms with E-state index >= 15 is 0 Å². The largest absolute Gasteiger partial charge is 0.352 e. The van der Waals surface area contributed by atoms with E-state index in [9.17, 15) is 8.42 Å². The number of rotatable bonds is 7. The fraction of sp³-hybridized carbons (Fsp3) is 0.667. The van der Waals surface area contributed by atoms with Crippen molar-refractivity contribution in [3.63, 3.8) is 0 Å². The second kappa shape index (κ2) is 6.36. The summed E-state index contributed by atoms with van der Waals surface area (Å²) in [6.07, 6.45) is 2.49. The summed E-state index contributed by atoms with van der Waals surface area (Å²) in [7, 11) is 0.144. The maximum atomic E-state index is 12.3. The Morgan fingerprint density at radius 3 is 2.61 bits per heavy atom. The predicted molar refractivity (Wildman–Crippen MR) is 72.9 cm³/mol. The Hall–Kier alpha value is -0.850. The third-order valence-electron chi connectivity index (χ3n) is 2.89. The molecule has 0 saturated carbocycles. The number of aromatic nitrogens is 1. The van der Waals surface area contributed by atoms with Crippen LogP contribution in [0.5, 0.6) is 0 Å². The van der Waals surface area contributed by atoms with Gasteiger partial charge in [-0.2, -0.15) is 0 Å². The third kappa shape index (κ3) is 3.34. The molecule has 0 saturated heterocycles. The molecule has 0 radical (unpaired) electrons. The highest BCUT2D eigenvalue weighted by molar-refractivity contribution is 7.89. The lowest BCUT2D eigenvalue weighted by atomic mass is 10.4. The average Bonchev–Trinajstić information content (AvgIpc) is 2.69. The third-order valence-corrected chi connectivity index (χ3v) is 4.71. The molecule has 1 heterocycles. The second-order valence-electron chi connectivity index (χ2n) is 4.38. The van der Waals surface area contributed by atoms with E-state index in [1.807, 2.05) is 25.5 Å². The Labute approximate surface area is 110 Å². The van der Waals surface area contributed by atoms with Crippen LogP contribution >= 0.6 is 0 Å². The van der Waals surface area contributed by atoms with Crippen LogP contribution in [0.3, 0.4) is 0 Å². The van der Waals surface area contributed by atoms with Gasteiger partial charge in [-0.25, -0.2) is 12.7 Å². The van der Waals surface area contributed by atoms with Crippen LogP contribution in [-0.4, -0.2) is 37.4 Å². The van der Waals surface area contributed by atoms with Crippen molar-refractivity contribution in [3.8, 4) is 0 Å². The Morgan fingerprint density at radius 2 is 2.06 bits per heavy atom. The summed E-state index contributed by atoms with van der Waals surface area (Å²) in [4.78, 5) is 0.369. The molecule has 104 valence electrons. The standard InChI is InChI=1S/C12H23N3O2S/c1-5-7-15(4)18(16,17)12-8-11(9-13-6-2)14(3)10-12/h8,10,13H,5-7,9H2,1-4H3. The molecule has 0 spiro atoms. The molecule has 0 aliphatic rings. The first-order valence-corrected chi connectivity index (χ1v) is 7.69. The second-order valence-corrected chi connectivity index (χ2v) is 6.43. The molecule has 1 rings (SSSR count). The van der Waals surface area contributed by atoms with Crippen molar-refractivity contribution in [2.45, 2.75) is 31.7 Å². The number of nitrogens with zero attached hydrogens (tertiary/aromatic N) is 2. The van der Waals surface area contributed by atoms with Gasteiger partial charge in [0.1, 0.15) is 4.90 Å². The lowest BCUT2D eigenvalue weighted by molar-refractivity contribution is 0.468. The maximum absolute atomic E-state index is 12.3. The van der Waals surface area contributed by atoms with Crippen molar-refractivity contribution in [2.75, 3.05) is 20.1 Å². The van der Waals surface area contributed by atoms with Gasteiger partial charge in [0.15, 0.2) is 0 Å². The van der Waals surface area contributed by atoms with Gasteiger partial charge in [0, 0.05) is 39.1 Å². The molecule has 0 atom stereocenters. The molecule has 6 heteroatoms. The van der Waals surface area contributed by atoms with Gasteiger partial charge in [-0.15, -0.1) is 0 Å². The molecule has 18 heavy (non-hydrogen) atoms. The lowest BCUT2D eigenvalue weighted by Gasteiger charge is -2.14. The summed E-state index contributed by atoms with van der Waals surface area (Å²) in [6, 6.07) is 1.74. The number of sulfonamides is 1. The van der Waals surface area contributed by atoms with Gasteiger partial charge in [0.2, 0.25) is 10.0 Å². The molecule has 0 unspecified atom stereocenters. The molecule has 1 aromatic heterocycles. The van der Waals surface area contributed by atoms with E-state index in [-0.39, 0.29) is 0 Å². The van der Waals surface area contributed by atoms with Crippen molar-refractivity contribution < 1.29 is 8.42 Å². The number of hydrogen-bond donors (Lipinski definition) is 1. The Kier molecular flexibility index (Phi) is 5.37. The molecule has 0 aromatic carbocycles. The summed E-state index contributed by atoms with van der Waals surface area (Å²) in [6.45, 7) is 6.08. The van der Waals surface area contributed by atoms with Gasteiger partial charge in [-0.1, -0.05) is 13.8 Å². The molecule has 5 nitrogen and oxygen atoms in total. The van der Waals surface area contributed by atoms with Gasteiger partial charge < -0.3 is 9.88 Å². The molecule has 0 amide bonds. The topological polar surface area (TPSA) is 54.3 Å². The molecule has 0 aliphatic carbocycles. The Bertz CT molecular complexity index is 480. The molecular formula is C12H23N3O2S. The van der Waals surface area contributed by atoms with E-state index in [1.54, 1.807) is 19.3 Å². The van der Waals surface area contributed by atoms with Gasteiger partial charge in [0.05, 0.1) is 0 Å². The van der Waals surface area contributed by atoms with E-state index in [2.05, 4.69) is 5.32 Å². The van der Waals surface area contributed by atoms with Crippen LogP contribution in [0.1, 0.15) is 26.0 Å². The minimum absolute atomic E-state index is 0.369. The number of hydrogen-bond acceptors (Lipinski definition) is 3. The summed E-state index contributed by atoms with van der Waals surface area (Å²) in [5, 5.41) is 3.20. The van der Waals surface area contributed by atoms with Crippen LogP contribution < -0.4 is 5.32 Å². The van der Waals surface area contributed by atoms with Crippen LogP contribution in [-0.2, 0) is 23.6 Å². The highest BCUT2D eigenvalue weighted by Crippen LogP contribution is 2.17. The van der Waals surface area contributed by atoms with Gasteiger partial charge >= 0.3 is 0 Å². The fourth-order valence-corrected chi connectivity index (χ4v) is 3.12. The first-order valence-electron chi connectivity index (χ1n) is 6.25. The summed E-state index contributed by atoms with van der Waals surface area (Å²) < 4.78 is 27.8. The minimum Gasteiger partial charge on any atom is -0.352 e. The molecule has 0 fully saturated rings. The van der Waals surface area contributed by atoms with Gasteiger partial charge in [0.25, 0.3) is 0 Å². The summed E-state index contributed by atoms with van der Waals surface area (Å²) in [5.74, 6) is 0. The van der Waals surface area contributed by atoms with Crippen molar-refractivity contribution in [1.29, 1.82) is 0 Å². The molecular weight excluding hydrogens is 250 g/mol. The molecule has 0 bridgehead atoms. The summed E-state index contributed by atoms with van der Waals surface area (Å²) >= 11 is 0. The van der Waals surface area contributed by atoms with Crippen LogP contribution in [0, 0.1) is 0 Å². The van der Waals surface area contributed by atoms with Crippen LogP contribution in [0.25, 0.3) is 0 Å². The Morgan fingerprint density at radius 1 is 1.39 bits per heavy atom. The smallest absolute Gasteiger partial charge is 0.244 e. The van der Waals surface area contributed by atoms with E-state index in [4.69, 9.17) is 0 Å². The quantitative estimate of drug-likeness (QED) is 0.811. The SMILES string of the molecule is CCCN(C)S(=O)(=O)c1cc(CNCC)n(C)c1. The number of aryl methyl sites for hydroxylation is 1. The first-order chi connectivity index (χ1) is 8.43. The minimum atomic E-state index is -3.34. The zero-order valence-corrected chi connectivity index (χ0v) is 12.4. The van der Waals surface area contributed by atoms with Gasteiger partial charge in [-0.3, -0.25) is 0 Å². The predicted octanol–water partition coefficient (Wildman–Crippen LogP) is 1.17. The van der Waals surface area contributed by atoms with Crippen LogP contribution in [0.15, 0.2) is 17.2 Å². The van der Waals surface area contributed by atoms with E-state index in [0.29, 0.717) is 18.0 Å².